The maximum atomic E-state index is 11.7. The smallest absolute Gasteiger partial charge is 0.341 e. The van der Waals surface area contributed by atoms with Gasteiger partial charge < -0.3 is 24.4 Å². The molecule has 0 saturated heterocycles. The van der Waals surface area contributed by atoms with Gasteiger partial charge in [-0.05, 0) is 24.6 Å². The zero-order chi connectivity index (χ0) is 17.4. The highest BCUT2D eigenvalue weighted by Crippen LogP contribution is 2.13. The van der Waals surface area contributed by atoms with Gasteiger partial charge in [0.15, 0.2) is 12.4 Å². The number of amides is 1. The zero-order valence-electron chi connectivity index (χ0n) is 13.0. The molecule has 9 nitrogen and oxygen atoms in total. The van der Waals surface area contributed by atoms with Crippen molar-refractivity contribution in [2.24, 2.45) is 0 Å². The number of ether oxygens (including phenoxy) is 2. The van der Waals surface area contributed by atoms with Crippen molar-refractivity contribution >= 4 is 11.9 Å². The molecule has 0 fully saturated rings. The van der Waals surface area contributed by atoms with Gasteiger partial charge in [-0.3, -0.25) is 4.79 Å². The minimum atomic E-state index is -1.05. The molecule has 2 N–H and O–H groups in total. The van der Waals surface area contributed by atoms with Crippen LogP contribution in [-0.2, 0) is 27.5 Å². The molecule has 0 unspecified atom stereocenters. The van der Waals surface area contributed by atoms with Gasteiger partial charge in [-0.25, -0.2) is 4.79 Å². The van der Waals surface area contributed by atoms with E-state index in [9.17, 15) is 9.59 Å². The van der Waals surface area contributed by atoms with Crippen molar-refractivity contribution in [3.8, 4) is 5.75 Å². The first kappa shape index (κ1) is 17.4. The largest absolute Gasteiger partial charge is 0.482 e. The number of aryl methyl sites for hydroxylation is 1. The summed E-state index contributed by atoms with van der Waals surface area (Å²) >= 11 is 0. The van der Waals surface area contributed by atoms with Gasteiger partial charge in [0.05, 0.1) is 0 Å². The number of rotatable bonds is 9. The summed E-state index contributed by atoms with van der Waals surface area (Å²) in [7, 11) is 0. The molecule has 0 saturated carbocycles. The van der Waals surface area contributed by atoms with Crippen LogP contribution in [0.15, 0.2) is 28.8 Å². The fourth-order valence-corrected chi connectivity index (χ4v) is 1.77. The Kier molecular flexibility index (Phi) is 6.26. The van der Waals surface area contributed by atoms with Crippen molar-refractivity contribution < 1.29 is 28.7 Å². The summed E-state index contributed by atoms with van der Waals surface area (Å²) in [6.45, 7) is 1.46. The molecule has 128 valence electrons. The molecule has 0 aliphatic heterocycles. The Morgan fingerprint density at radius 1 is 1.33 bits per heavy atom. The highest BCUT2D eigenvalue weighted by molar-refractivity contribution is 5.77. The molecule has 1 amide bonds. The topological polar surface area (TPSA) is 124 Å². The first-order chi connectivity index (χ1) is 11.5. The van der Waals surface area contributed by atoms with Crippen LogP contribution in [-0.4, -0.2) is 40.3 Å². The second kappa shape index (κ2) is 8.63. The molecule has 1 aromatic carbocycles. The van der Waals surface area contributed by atoms with Gasteiger partial charge in [-0.2, -0.15) is 4.98 Å². The van der Waals surface area contributed by atoms with Gasteiger partial charge in [0.2, 0.25) is 5.91 Å². The van der Waals surface area contributed by atoms with E-state index in [4.69, 9.17) is 19.1 Å². The SMILES string of the molecule is Cc1noc(COCC(=O)NCc2cccc(OCC(=O)O)c2)n1. The number of hydrogen-bond donors (Lipinski definition) is 2. The van der Waals surface area contributed by atoms with Crippen LogP contribution in [0.25, 0.3) is 0 Å². The Bertz CT molecular complexity index is 700. The normalized spacial score (nSPS) is 10.4. The number of aromatic nitrogens is 2. The van der Waals surface area contributed by atoms with E-state index < -0.39 is 12.6 Å². The Labute approximate surface area is 137 Å². The number of carboxylic acids is 1. The molecule has 9 heteroatoms. The van der Waals surface area contributed by atoms with Crippen molar-refractivity contribution in [1.82, 2.24) is 15.5 Å². The molecule has 0 radical (unpaired) electrons. The molecule has 0 atom stereocenters. The molecule has 2 rings (SSSR count). The quantitative estimate of drug-likeness (QED) is 0.685. The monoisotopic (exact) mass is 335 g/mol. The van der Waals surface area contributed by atoms with Crippen molar-refractivity contribution in [1.29, 1.82) is 0 Å². The van der Waals surface area contributed by atoms with E-state index >= 15 is 0 Å². The number of aliphatic carboxylic acids is 1. The van der Waals surface area contributed by atoms with E-state index in [-0.39, 0.29) is 25.7 Å². The summed E-state index contributed by atoms with van der Waals surface area (Å²) < 4.78 is 15.1. The fourth-order valence-electron chi connectivity index (χ4n) is 1.77. The van der Waals surface area contributed by atoms with Crippen LogP contribution in [0.5, 0.6) is 5.75 Å². The third-order valence-electron chi connectivity index (χ3n) is 2.78. The van der Waals surface area contributed by atoms with Crippen molar-refractivity contribution in [3.05, 3.63) is 41.5 Å². The molecule has 24 heavy (non-hydrogen) atoms. The van der Waals surface area contributed by atoms with Gasteiger partial charge in [-0.15, -0.1) is 0 Å². The molecule has 1 heterocycles. The third-order valence-corrected chi connectivity index (χ3v) is 2.78. The van der Waals surface area contributed by atoms with E-state index in [1.54, 1.807) is 31.2 Å². The molecule has 0 aliphatic rings. The Morgan fingerprint density at radius 2 is 2.17 bits per heavy atom. The van der Waals surface area contributed by atoms with Crippen LogP contribution < -0.4 is 10.1 Å². The summed E-state index contributed by atoms with van der Waals surface area (Å²) in [5.74, 6) is -0.121. The molecule has 0 spiro atoms. The Hall–Kier alpha value is -2.94. The number of carboxylic acid groups (broad SMARTS) is 1. The van der Waals surface area contributed by atoms with E-state index in [1.165, 1.54) is 0 Å². The average Bonchev–Trinajstić information content (AvgIpc) is 2.97. The second-order valence-corrected chi connectivity index (χ2v) is 4.83. The van der Waals surface area contributed by atoms with E-state index in [0.29, 0.717) is 17.5 Å². The molecule has 1 aromatic heterocycles. The van der Waals surface area contributed by atoms with Gasteiger partial charge in [0.25, 0.3) is 5.89 Å². The lowest BCUT2D eigenvalue weighted by molar-refractivity contribution is -0.139. The number of carbonyl (C=O) groups is 2. The van der Waals surface area contributed by atoms with E-state index in [0.717, 1.165) is 5.56 Å². The van der Waals surface area contributed by atoms with Crippen LogP contribution in [0.1, 0.15) is 17.3 Å². The van der Waals surface area contributed by atoms with Gasteiger partial charge >= 0.3 is 5.97 Å². The lowest BCUT2D eigenvalue weighted by Crippen LogP contribution is -2.27. The molecular formula is C15H17N3O6. The summed E-state index contributed by atoms with van der Waals surface area (Å²) in [5, 5.41) is 14.9. The average molecular weight is 335 g/mol. The second-order valence-electron chi connectivity index (χ2n) is 4.83. The standard InChI is InChI=1S/C15H17N3O6/c1-10-17-14(24-18-10)8-22-7-13(19)16-6-11-3-2-4-12(5-11)23-9-15(20)21/h2-5H,6-9H2,1H3,(H,16,19)(H,20,21). The maximum Gasteiger partial charge on any atom is 0.341 e. The molecular weight excluding hydrogens is 318 g/mol. The van der Waals surface area contributed by atoms with Crippen LogP contribution in [0.2, 0.25) is 0 Å². The Balaban J connectivity index is 1.71. The minimum absolute atomic E-state index is 0.0623. The molecule has 0 aliphatic carbocycles. The third kappa shape index (κ3) is 6.05. The van der Waals surface area contributed by atoms with Crippen LogP contribution in [0.3, 0.4) is 0 Å². The van der Waals surface area contributed by atoms with Gasteiger partial charge in [-0.1, -0.05) is 17.3 Å². The number of hydrogen-bond acceptors (Lipinski definition) is 7. The summed E-state index contributed by atoms with van der Waals surface area (Å²) in [6.07, 6.45) is 0. The number of benzene rings is 1. The minimum Gasteiger partial charge on any atom is -0.482 e. The van der Waals surface area contributed by atoms with Crippen LogP contribution in [0, 0.1) is 6.92 Å². The first-order valence-corrected chi connectivity index (χ1v) is 7.10. The number of carbonyl (C=O) groups excluding carboxylic acids is 1. The van der Waals surface area contributed by atoms with Crippen LogP contribution >= 0.6 is 0 Å². The van der Waals surface area contributed by atoms with Gasteiger partial charge in [0.1, 0.15) is 19.0 Å². The van der Waals surface area contributed by atoms with Crippen molar-refractivity contribution in [2.45, 2.75) is 20.1 Å². The van der Waals surface area contributed by atoms with Crippen LogP contribution in [0.4, 0.5) is 0 Å². The van der Waals surface area contributed by atoms with E-state index in [1.807, 2.05) is 0 Å². The zero-order valence-corrected chi connectivity index (χ0v) is 13.0. The Morgan fingerprint density at radius 3 is 2.88 bits per heavy atom. The predicted octanol–water partition coefficient (Wildman–Crippen LogP) is 0.674. The summed E-state index contributed by atoms with van der Waals surface area (Å²) in [4.78, 5) is 26.1. The highest BCUT2D eigenvalue weighted by Gasteiger charge is 2.06. The maximum absolute atomic E-state index is 11.7. The highest BCUT2D eigenvalue weighted by atomic mass is 16.5. The summed E-state index contributed by atoms with van der Waals surface area (Å²) in [6, 6.07) is 6.80. The predicted molar refractivity (Wildman–Crippen MR) is 80.1 cm³/mol. The van der Waals surface area contributed by atoms with Crippen molar-refractivity contribution in [2.75, 3.05) is 13.2 Å². The number of nitrogens with zero attached hydrogens (tertiary/aromatic N) is 2. The fraction of sp³-hybridized carbons (Fsp3) is 0.333. The lowest BCUT2D eigenvalue weighted by atomic mass is 10.2. The molecule has 2 aromatic rings. The first-order valence-electron chi connectivity index (χ1n) is 7.10. The summed E-state index contributed by atoms with van der Waals surface area (Å²) in [5.41, 5.74) is 0.777. The number of nitrogens with one attached hydrogen (secondary N) is 1. The van der Waals surface area contributed by atoms with Gasteiger partial charge in [0, 0.05) is 6.54 Å². The van der Waals surface area contributed by atoms with Crippen molar-refractivity contribution in [3.63, 3.8) is 0 Å². The molecule has 0 bridgehead atoms. The lowest BCUT2D eigenvalue weighted by Gasteiger charge is -2.08. The van der Waals surface area contributed by atoms with E-state index in [2.05, 4.69) is 15.5 Å².